The van der Waals surface area contributed by atoms with Crippen LogP contribution in [0.15, 0.2) is 42.5 Å². The lowest BCUT2D eigenvalue weighted by molar-refractivity contribution is -0.124. The zero-order valence-electron chi connectivity index (χ0n) is 16.0. The van der Waals surface area contributed by atoms with Gasteiger partial charge < -0.3 is 20.1 Å². The van der Waals surface area contributed by atoms with Crippen LogP contribution in [0.4, 0.5) is 0 Å². The third kappa shape index (κ3) is 7.01. The molecule has 0 aromatic heterocycles. The molecule has 2 amide bonds. The lowest BCUT2D eigenvalue weighted by Gasteiger charge is -2.11. The van der Waals surface area contributed by atoms with Crippen molar-refractivity contribution in [1.29, 1.82) is 0 Å². The molecule has 2 rings (SSSR count). The minimum Gasteiger partial charge on any atom is -0.484 e. The van der Waals surface area contributed by atoms with Crippen molar-refractivity contribution in [1.82, 2.24) is 10.6 Å². The predicted molar refractivity (Wildman–Crippen MR) is 104 cm³/mol. The highest BCUT2D eigenvalue weighted by Gasteiger charge is 2.06. The Kier molecular flexibility index (Phi) is 7.67. The maximum absolute atomic E-state index is 11.8. The van der Waals surface area contributed by atoms with E-state index in [0.717, 1.165) is 16.7 Å². The van der Waals surface area contributed by atoms with Gasteiger partial charge in [0.1, 0.15) is 11.5 Å². The van der Waals surface area contributed by atoms with Gasteiger partial charge in [0.2, 0.25) is 0 Å². The van der Waals surface area contributed by atoms with Crippen LogP contribution in [0, 0.1) is 20.8 Å². The Bertz CT molecular complexity index is 772. The summed E-state index contributed by atoms with van der Waals surface area (Å²) in [5, 5.41) is 5.39. The number of rotatable bonds is 9. The number of carbonyl (C=O) groups excluding carboxylic acids is 2. The molecular formula is C21H26N2O4. The second kappa shape index (κ2) is 10.2. The normalized spacial score (nSPS) is 10.2. The Morgan fingerprint density at radius 2 is 1.41 bits per heavy atom. The van der Waals surface area contributed by atoms with Crippen molar-refractivity contribution < 1.29 is 19.1 Å². The number of hydrogen-bond donors (Lipinski definition) is 2. The Hall–Kier alpha value is -3.02. The Morgan fingerprint density at radius 3 is 2.04 bits per heavy atom. The molecule has 144 valence electrons. The summed E-state index contributed by atoms with van der Waals surface area (Å²) in [5.74, 6) is 0.872. The van der Waals surface area contributed by atoms with E-state index in [1.165, 1.54) is 0 Å². The minimum atomic E-state index is -0.239. The standard InChI is InChI=1S/C21H26N2O4/c1-15-7-9-18(10-8-15)26-13-20(24)22-11-12-23-21(25)14-27-19-6-4-5-16(2)17(19)3/h4-10H,11-14H2,1-3H3,(H,22,24)(H,23,25). The molecule has 2 N–H and O–H groups in total. The molecule has 0 radical (unpaired) electrons. The van der Waals surface area contributed by atoms with Crippen LogP contribution in [0.3, 0.4) is 0 Å². The minimum absolute atomic E-state index is 0.0607. The summed E-state index contributed by atoms with van der Waals surface area (Å²) in [6, 6.07) is 13.2. The first kappa shape index (κ1) is 20.3. The summed E-state index contributed by atoms with van der Waals surface area (Å²) in [6.07, 6.45) is 0. The zero-order chi connectivity index (χ0) is 19.6. The second-order valence-electron chi connectivity index (χ2n) is 6.29. The highest BCUT2D eigenvalue weighted by atomic mass is 16.5. The summed E-state index contributed by atoms with van der Waals surface area (Å²) in [5.41, 5.74) is 3.26. The van der Waals surface area contributed by atoms with E-state index in [0.29, 0.717) is 24.6 Å². The fourth-order valence-electron chi connectivity index (χ4n) is 2.31. The van der Waals surface area contributed by atoms with Gasteiger partial charge in [-0.1, -0.05) is 29.8 Å². The van der Waals surface area contributed by atoms with Crippen molar-refractivity contribution >= 4 is 11.8 Å². The highest BCUT2D eigenvalue weighted by molar-refractivity contribution is 5.78. The SMILES string of the molecule is Cc1ccc(OCC(=O)NCCNC(=O)COc2cccc(C)c2C)cc1. The number of aryl methyl sites for hydroxylation is 2. The molecule has 0 fully saturated rings. The van der Waals surface area contributed by atoms with Gasteiger partial charge in [-0.25, -0.2) is 0 Å². The molecule has 6 heteroatoms. The van der Waals surface area contributed by atoms with Gasteiger partial charge in [0.25, 0.3) is 11.8 Å². The van der Waals surface area contributed by atoms with Crippen LogP contribution in [-0.2, 0) is 9.59 Å². The van der Waals surface area contributed by atoms with Gasteiger partial charge in [-0.2, -0.15) is 0 Å². The maximum Gasteiger partial charge on any atom is 0.258 e. The van der Waals surface area contributed by atoms with Gasteiger partial charge in [0.05, 0.1) is 0 Å². The third-order valence-corrected chi connectivity index (χ3v) is 4.07. The average Bonchev–Trinajstić information content (AvgIpc) is 2.66. The van der Waals surface area contributed by atoms with Crippen LogP contribution < -0.4 is 20.1 Å². The van der Waals surface area contributed by atoms with E-state index in [1.807, 2.05) is 63.2 Å². The largest absolute Gasteiger partial charge is 0.484 e. The number of nitrogens with one attached hydrogen (secondary N) is 2. The predicted octanol–water partition coefficient (Wildman–Crippen LogP) is 2.30. The number of benzene rings is 2. The van der Waals surface area contributed by atoms with E-state index in [1.54, 1.807) is 0 Å². The van der Waals surface area contributed by atoms with Gasteiger partial charge in [-0.3, -0.25) is 9.59 Å². The summed E-state index contributed by atoms with van der Waals surface area (Å²) < 4.78 is 10.9. The molecule has 6 nitrogen and oxygen atoms in total. The van der Waals surface area contributed by atoms with Gasteiger partial charge in [0, 0.05) is 13.1 Å². The second-order valence-corrected chi connectivity index (χ2v) is 6.29. The fraction of sp³-hybridized carbons (Fsp3) is 0.333. The van der Waals surface area contributed by atoms with E-state index in [2.05, 4.69) is 10.6 Å². The van der Waals surface area contributed by atoms with E-state index in [4.69, 9.17) is 9.47 Å². The quantitative estimate of drug-likeness (QED) is 0.664. The van der Waals surface area contributed by atoms with Crippen LogP contribution in [0.1, 0.15) is 16.7 Å². The Balaban J connectivity index is 1.58. The number of amides is 2. The number of ether oxygens (including phenoxy) is 2. The third-order valence-electron chi connectivity index (χ3n) is 4.07. The van der Waals surface area contributed by atoms with Crippen LogP contribution in [0.2, 0.25) is 0 Å². The lowest BCUT2D eigenvalue weighted by Crippen LogP contribution is -2.38. The van der Waals surface area contributed by atoms with Crippen molar-refractivity contribution in [3.05, 3.63) is 59.2 Å². The van der Waals surface area contributed by atoms with Crippen LogP contribution in [-0.4, -0.2) is 38.1 Å². The Morgan fingerprint density at radius 1 is 0.815 bits per heavy atom. The van der Waals surface area contributed by atoms with E-state index < -0.39 is 0 Å². The van der Waals surface area contributed by atoms with Crippen LogP contribution in [0.5, 0.6) is 11.5 Å². The van der Waals surface area contributed by atoms with Gasteiger partial charge in [-0.05, 0) is 50.1 Å². The topological polar surface area (TPSA) is 76.7 Å². The molecule has 2 aromatic rings. The average molecular weight is 370 g/mol. The summed E-state index contributed by atoms with van der Waals surface area (Å²) in [7, 11) is 0. The van der Waals surface area contributed by atoms with Gasteiger partial charge in [0.15, 0.2) is 13.2 Å². The molecule has 0 spiro atoms. The van der Waals surface area contributed by atoms with Crippen LogP contribution in [0.25, 0.3) is 0 Å². The Labute approximate surface area is 159 Å². The van der Waals surface area contributed by atoms with E-state index >= 15 is 0 Å². The van der Waals surface area contributed by atoms with Crippen molar-refractivity contribution in [2.24, 2.45) is 0 Å². The molecule has 0 aliphatic rings. The lowest BCUT2D eigenvalue weighted by atomic mass is 10.1. The summed E-state index contributed by atoms with van der Waals surface area (Å²) >= 11 is 0. The molecular weight excluding hydrogens is 344 g/mol. The van der Waals surface area contributed by atoms with Gasteiger partial charge in [-0.15, -0.1) is 0 Å². The van der Waals surface area contributed by atoms with Crippen molar-refractivity contribution in [3.8, 4) is 11.5 Å². The highest BCUT2D eigenvalue weighted by Crippen LogP contribution is 2.20. The van der Waals surface area contributed by atoms with E-state index in [9.17, 15) is 9.59 Å². The molecule has 0 saturated carbocycles. The molecule has 0 heterocycles. The van der Waals surface area contributed by atoms with Crippen molar-refractivity contribution in [2.45, 2.75) is 20.8 Å². The first-order valence-corrected chi connectivity index (χ1v) is 8.87. The first-order chi connectivity index (χ1) is 13.0. The van der Waals surface area contributed by atoms with Crippen molar-refractivity contribution in [2.75, 3.05) is 26.3 Å². The molecule has 0 unspecified atom stereocenters. The van der Waals surface area contributed by atoms with Crippen molar-refractivity contribution in [3.63, 3.8) is 0 Å². The monoisotopic (exact) mass is 370 g/mol. The molecule has 27 heavy (non-hydrogen) atoms. The molecule has 0 aliphatic carbocycles. The van der Waals surface area contributed by atoms with Gasteiger partial charge >= 0.3 is 0 Å². The first-order valence-electron chi connectivity index (χ1n) is 8.87. The molecule has 0 saturated heterocycles. The molecule has 0 bridgehead atoms. The molecule has 0 aliphatic heterocycles. The maximum atomic E-state index is 11.8. The smallest absolute Gasteiger partial charge is 0.258 e. The summed E-state index contributed by atoms with van der Waals surface area (Å²) in [4.78, 5) is 23.6. The fourth-order valence-corrected chi connectivity index (χ4v) is 2.31. The summed E-state index contributed by atoms with van der Waals surface area (Å²) in [6.45, 7) is 6.46. The molecule has 2 aromatic carbocycles. The van der Waals surface area contributed by atoms with Crippen LogP contribution >= 0.6 is 0 Å². The zero-order valence-corrected chi connectivity index (χ0v) is 16.0. The van der Waals surface area contributed by atoms with E-state index in [-0.39, 0.29) is 25.0 Å². The number of hydrogen-bond acceptors (Lipinski definition) is 4. The number of carbonyl (C=O) groups is 2. The molecule has 0 atom stereocenters.